The van der Waals surface area contributed by atoms with Crippen molar-refractivity contribution in [3.05, 3.63) is 53.3 Å². The number of carbonyl (C=O) groups is 1. The highest BCUT2D eigenvalue weighted by atomic mass is 35.5. The summed E-state index contributed by atoms with van der Waals surface area (Å²) >= 11 is 6.56. The van der Waals surface area contributed by atoms with Crippen LogP contribution in [0.5, 0.6) is 0 Å². The number of nitrogens with one attached hydrogen (secondary N) is 1. The maximum Gasteiger partial charge on any atom is 0.224 e. The topological polar surface area (TPSA) is 53.4 Å². The molecule has 1 fully saturated rings. The number of carbonyl (C=O) groups excluding carboxylic acids is 1. The van der Waals surface area contributed by atoms with Crippen molar-refractivity contribution in [2.75, 3.05) is 36.4 Å². The largest absolute Gasteiger partial charge is 0.368 e. The van der Waals surface area contributed by atoms with E-state index in [2.05, 4.69) is 44.9 Å². The smallest absolute Gasteiger partial charge is 0.224 e. The van der Waals surface area contributed by atoms with E-state index >= 15 is 0 Å². The Morgan fingerprint density at radius 1 is 1.13 bits per heavy atom. The molecule has 0 aliphatic carbocycles. The molecule has 2 aromatic carbocycles. The Morgan fingerprint density at radius 3 is 2.55 bits per heavy atom. The summed E-state index contributed by atoms with van der Waals surface area (Å²) in [6, 6.07) is 14.1. The van der Waals surface area contributed by atoms with Gasteiger partial charge in [-0.1, -0.05) is 37.6 Å². The first-order valence-electron chi connectivity index (χ1n) is 10.9. The van der Waals surface area contributed by atoms with E-state index < -0.39 is 0 Å². The summed E-state index contributed by atoms with van der Waals surface area (Å²) in [4.78, 5) is 21.6. The molecule has 1 aliphatic heterocycles. The molecule has 0 radical (unpaired) electrons. The Bertz CT molecular complexity index is 1070. The molecular weight excluding hydrogens is 410 g/mol. The molecule has 1 saturated heterocycles. The van der Waals surface area contributed by atoms with Gasteiger partial charge in [0.1, 0.15) is 5.82 Å². The maximum atomic E-state index is 12.0. The van der Waals surface area contributed by atoms with Crippen LogP contribution in [0, 0.1) is 5.92 Å². The predicted octanol–water partition coefficient (Wildman–Crippen LogP) is 4.53. The minimum atomic E-state index is 0.0226. The number of fused-ring (bicyclic) bond motifs is 1. The van der Waals surface area contributed by atoms with Gasteiger partial charge >= 0.3 is 0 Å². The number of imidazole rings is 1. The Balaban J connectivity index is 1.36. The molecule has 0 unspecified atom stereocenters. The predicted molar refractivity (Wildman–Crippen MR) is 128 cm³/mol. The summed E-state index contributed by atoms with van der Waals surface area (Å²) < 4.78 is 2.19. The number of hydrogen-bond acceptors (Lipinski definition) is 4. The van der Waals surface area contributed by atoms with Crippen LogP contribution in [0.3, 0.4) is 0 Å². The number of halogens is 1. The van der Waals surface area contributed by atoms with E-state index in [1.165, 1.54) is 5.52 Å². The van der Waals surface area contributed by atoms with Crippen molar-refractivity contribution in [3.8, 4) is 0 Å². The average Bonchev–Trinajstić information content (AvgIpc) is 3.04. The molecule has 31 heavy (non-hydrogen) atoms. The third-order valence-corrected chi connectivity index (χ3v) is 6.09. The summed E-state index contributed by atoms with van der Waals surface area (Å²) in [5.41, 5.74) is 3.99. The number of benzene rings is 2. The number of para-hydroxylation sites is 2. The first-order chi connectivity index (χ1) is 14.9. The van der Waals surface area contributed by atoms with Gasteiger partial charge in [0.15, 0.2) is 0 Å². The van der Waals surface area contributed by atoms with E-state index in [-0.39, 0.29) is 5.91 Å². The quantitative estimate of drug-likeness (QED) is 0.613. The fourth-order valence-electron chi connectivity index (χ4n) is 4.11. The zero-order chi connectivity index (χ0) is 22.0. The number of aryl methyl sites for hydroxylation is 1. The fourth-order valence-corrected chi connectivity index (χ4v) is 4.41. The van der Waals surface area contributed by atoms with Crippen molar-refractivity contribution in [2.45, 2.75) is 26.8 Å². The van der Waals surface area contributed by atoms with Crippen LogP contribution >= 0.6 is 11.6 Å². The highest BCUT2D eigenvalue weighted by Crippen LogP contribution is 2.30. The third kappa shape index (κ3) is 5.02. The van der Waals surface area contributed by atoms with Gasteiger partial charge in [-0.15, -0.1) is 0 Å². The van der Waals surface area contributed by atoms with Crippen molar-refractivity contribution in [1.29, 1.82) is 0 Å². The lowest BCUT2D eigenvalue weighted by Gasteiger charge is -2.36. The molecule has 7 heteroatoms. The number of aromatic nitrogens is 2. The van der Waals surface area contributed by atoms with E-state index in [4.69, 9.17) is 16.6 Å². The van der Waals surface area contributed by atoms with Gasteiger partial charge in [-0.2, -0.15) is 0 Å². The summed E-state index contributed by atoms with van der Waals surface area (Å²) in [6.07, 6.45) is 0.507. The molecule has 6 nitrogen and oxygen atoms in total. The highest BCUT2D eigenvalue weighted by Gasteiger charge is 2.21. The van der Waals surface area contributed by atoms with Crippen molar-refractivity contribution in [1.82, 2.24) is 14.5 Å². The monoisotopic (exact) mass is 439 g/mol. The van der Waals surface area contributed by atoms with Crippen LogP contribution < -0.4 is 10.2 Å². The van der Waals surface area contributed by atoms with E-state index in [0.29, 0.717) is 17.4 Å². The molecule has 164 valence electrons. The molecule has 2 heterocycles. The van der Waals surface area contributed by atoms with Crippen LogP contribution in [0.15, 0.2) is 42.5 Å². The lowest BCUT2D eigenvalue weighted by Crippen LogP contribution is -2.46. The van der Waals surface area contributed by atoms with Crippen LogP contribution in [0.2, 0.25) is 5.02 Å². The molecule has 1 amide bonds. The van der Waals surface area contributed by atoms with Gasteiger partial charge in [0.05, 0.1) is 28.3 Å². The molecule has 3 aromatic rings. The van der Waals surface area contributed by atoms with Gasteiger partial charge in [-0.05, 0) is 36.2 Å². The Labute approximate surface area is 188 Å². The van der Waals surface area contributed by atoms with Crippen LogP contribution in [-0.4, -0.2) is 46.5 Å². The highest BCUT2D eigenvalue weighted by molar-refractivity contribution is 6.33. The molecular formula is C24H30ClN5O. The van der Waals surface area contributed by atoms with Crippen molar-refractivity contribution >= 4 is 39.9 Å². The molecule has 1 aromatic heterocycles. The van der Waals surface area contributed by atoms with Gasteiger partial charge < -0.3 is 14.8 Å². The van der Waals surface area contributed by atoms with Crippen LogP contribution in [0.1, 0.15) is 26.1 Å². The molecule has 0 atom stereocenters. The molecule has 0 spiro atoms. The van der Waals surface area contributed by atoms with E-state index in [1.807, 2.05) is 38.1 Å². The zero-order valence-corrected chi connectivity index (χ0v) is 19.2. The maximum absolute atomic E-state index is 12.0. The molecule has 0 bridgehead atoms. The summed E-state index contributed by atoms with van der Waals surface area (Å²) in [7, 11) is 2.09. The van der Waals surface area contributed by atoms with Gasteiger partial charge in [0.25, 0.3) is 0 Å². The number of nitrogens with zero attached hydrogens (tertiary/aromatic N) is 4. The number of hydrogen-bond donors (Lipinski definition) is 1. The summed E-state index contributed by atoms with van der Waals surface area (Å²) in [6.45, 7) is 8.62. The average molecular weight is 440 g/mol. The SMILES string of the molecule is CC(C)CC(=O)Nc1ccc(N2CCN(Cc3nc4ccccc4n3C)CC2)c(Cl)c1. The summed E-state index contributed by atoms with van der Waals surface area (Å²) in [5, 5.41) is 3.61. The number of piperazine rings is 1. The standard InChI is InChI=1S/C24H30ClN5O/c1-17(2)14-24(31)26-18-8-9-21(19(25)15-18)30-12-10-29(11-13-30)16-23-27-20-6-4-5-7-22(20)28(23)3/h4-9,15,17H,10-14,16H2,1-3H3,(H,26,31). The lowest BCUT2D eigenvalue weighted by atomic mass is 10.1. The van der Waals surface area contributed by atoms with E-state index in [9.17, 15) is 4.79 Å². The number of rotatable bonds is 6. The second-order valence-corrected chi connectivity index (χ2v) is 9.06. The van der Waals surface area contributed by atoms with Crippen LogP contribution in [-0.2, 0) is 18.4 Å². The normalized spacial score (nSPS) is 15.1. The van der Waals surface area contributed by atoms with Crippen molar-refractivity contribution in [3.63, 3.8) is 0 Å². The van der Waals surface area contributed by atoms with Gasteiger partial charge in [-0.3, -0.25) is 9.69 Å². The fraction of sp³-hybridized carbons (Fsp3) is 0.417. The lowest BCUT2D eigenvalue weighted by molar-refractivity contribution is -0.116. The third-order valence-electron chi connectivity index (χ3n) is 5.78. The minimum absolute atomic E-state index is 0.0226. The van der Waals surface area contributed by atoms with Crippen LogP contribution in [0.4, 0.5) is 11.4 Å². The minimum Gasteiger partial charge on any atom is -0.368 e. The van der Waals surface area contributed by atoms with E-state index in [0.717, 1.165) is 55.4 Å². The molecule has 1 aliphatic rings. The second-order valence-electron chi connectivity index (χ2n) is 8.65. The first-order valence-corrected chi connectivity index (χ1v) is 11.3. The zero-order valence-electron chi connectivity index (χ0n) is 18.4. The first kappa shape index (κ1) is 21.7. The van der Waals surface area contributed by atoms with Gasteiger partial charge in [0.2, 0.25) is 5.91 Å². The molecule has 4 rings (SSSR count). The van der Waals surface area contributed by atoms with Gasteiger partial charge in [-0.25, -0.2) is 4.98 Å². The molecule has 0 saturated carbocycles. The molecule has 1 N–H and O–H groups in total. The van der Waals surface area contributed by atoms with Crippen molar-refractivity contribution in [2.24, 2.45) is 13.0 Å². The Hall–Kier alpha value is -2.57. The Kier molecular flexibility index (Phi) is 6.49. The van der Waals surface area contributed by atoms with Gasteiger partial charge in [0, 0.05) is 45.3 Å². The number of amides is 1. The Morgan fingerprint density at radius 2 is 1.87 bits per heavy atom. The number of anilines is 2. The van der Waals surface area contributed by atoms with Crippen molar-refractivity contribution < 1.29 is 4.79 Å². The van der Waals surface area contributed by atoms with Crippen LogP contribution in [0.25, 0.3) is 11.0 Å². The summed E-state index contributed by atoms with van der Waals surface area (Å²) in [5.74, 6) is 1.44. The van der Waals surface area contributed by atoms with E-state index in [1.54, 1.807) is 0 Å². The second kappa shape index (κ2) is 9.28.